The number of methoxy groups -OCH3 is 1. The second-order valence-electron chi connectivity index (χ2n) is 6.54. The molecule has 124 valence electrons. The lowest BCUT2D eigenvalue weighted by Crippen LogP contribution is -2.60. The largest absolute Gasteiger partial charge is 0.486 e. The summed E-state index contributed by atoms with van der Waals surface area (Å²) in [6.45, 7) is 7.68. The number of hydrogen-bond acceptors (Lipinski definition) is 7. The van der Waals surface area contributed by atoms with Gasteiger partial charge in [-0.25, -0.2) is 4.79 Å². The zero-order valence-electron chi connectivity index (χ0n) is 13.5. The van der Waals surface area contributed by atoms with E-state index in [0.717, 1.165) is 0 Å². The molecule has 0 radical (unpaired) electrons. The minimum atomic E-state index is -0.783. The van der Waals surface area contributed by atoms with Crippen LogP contribution in [0.25, 0.3) is 0 Å². The number of rotatable bonds is 1. The van der Waals surface area contributed by atoms with Gasteiger partial charge in [-0.3, -0.25) is 0 Å². The molecule has 3 rings (SSSR count). The van der Waals surface area contributed by atoms with Gasteiger partial charge in [0.25, 0.3) is 0 Å². The van der Waals surface area contributed by atoms with Crippen molar-refractivity contribution in [1.82, 2.24) is 0 Å². The first-order chi connectivity index (χ1) is 10.2. The van der Waals surface area contributed by atoms with E-state index in [9.17, 15) is 4.79 Å². The van der Waals surface area contributed by atoms with Crippen LogP contribution in [0.5, 0.6) is 0 Å². The number of carbonyl (C=O) groups excluding carboxylic acids is 1. The van der Waals surface area contributed by atoms with Crippen molar-refractivity contribution < 1.29 is 33.2 Å². The normalized spacial score (nSPS) is 40.5. The van der Waals surface area contributed by atoms with Crippen LogP contribution in [0, 0.1) is 0 Å². The van der Waals surface area contributed by atoms with Gasteiger partial charge in [0.2, 0.25) is 0 Å². The summed E-state index contributed by atoms with van der Waals surface area (Å²) in [5.74, 6) is -1.61. The van der Waals surface area contributed by atoms with Crippen LogP contribution < -0.4 is 0 Å². The number of fused-ring (bicyclic) bond motifs is 3. The van der Waals surface area contributed by atoms with Crippen LogP contribution in [0.15, 0.2) is 11.8 Å². The van der Waals surface area contributed by atoms with Crippen molar-refractivity contribution in [3.63, 3.8) is 0 Å². The molecule has 0 amide bonds. The molecule has 4 atom stereocenters. The Balaban J connectivity index is 1.90. The van der Waals surface area contributed by atoms with Gasteiger partial charge in [-0.15, -0.1) is 0 Å². The molecule has 3 aliphatic heterocycles. The van der Waals surface area contributed by atoms with Gasteiger partial charge in [0.15, 0.2) is 17.7 Å². The molecule has 3 saturated heterocycles. The predicted molar refractivity (Wildman–Crippen MR) is 73.7 cm³/mol. The Morgan fingerprint density at radius 2 is 1.82 bits per heavy atom. The minimum absolute atomic E-state index is 0.328. The van der Waals surface area contributed by atoms with E-state index in [0.29, 0.717) is 12.4 Å². The maximum atomic E-state index is 11.6. The zero-order valence-corrected chi connectivity index (χ0v) is 13.5. The first kappa shape index (κ1) is 15.7. The molecule has 7 heteroatoms. The number of carbonyl (C=O) groups is 1. The van der Waals surface area contributed by atoms with Crippen molar-refractivity contribution in [3.8, 4) is 0 Å². The monoisotopic (exact) mass is 314 g/mol. The van der Waals surface area contributed by atoms with Crippen LogP contribution in [-0.2, 0) is 33.2 Å². The van der Waals surface area contributed by atoms with Crippen molar-refractivity contribution >= 4 is 5.97 Å². The summed E-state index contributed by atoms with van der Waals surface area (Å²) in [5, 5.41) is 0. The lowest BCUT2D eigenvalue weighted by Gasteiger charge is -2.46. The van der Waals surface area contributed by atoms with E-state index in [4.69, 9.17) is 23.7 Å². The summed E-state index contributed by atoms with van der Waals surface area (Å²) in [6, 6.07) is 0. The van der Waals surface area contributed by atoms with Crippen LogP contribution >= 0.6 is 0 Å². The summed E-state index contributed by atoms with van der Waals surface area (Å²) in [6.07, 6.45) is -0.275. The van der Waals surface area contributed by atoms with Gasteiger partial charge in [0, 0.05) is 0 Å². The van der Waals surface area contributed by atoms with Gasteiger partial charge in [-0.2, -0.15) is 0 Å². The topological polar surface area (TPSA) is 72.5 Å². The lowest BCUT2D eigenvalue weighted by atomic mass is 9.96. The molecule has 0 aliphatic carbocycles. The standard InChI is InChI=1S/C15H22O7/c1-14(2)18-7-9-12(20-14)13-11(21-15(3,4)22-13)8(19-9)6-10(16)17-5/h6,9,11-13H,7H2,1-5H3/b8-6-/t9?,11?,12-,13+/m0/s1. The molecule has 0 N–H and O–H groups in total. The fourth-order valence-electron chi connectivity index (χ4n) is 2.98. The summed E-state index contributed by atoms with van der Waals surface area (Å²) in [4.78, 5) is 11.6. The van der Waals surface area contributed by atoms with E-state index in [1.165, 1.54) is 13.2 Å². The smallest absolute Gasteiger partial charge is 0.333 e. The molecule has 0 aromatic rings. The Hall–Kier alpha value is -1.15. The highest BCUT2D eigenvalue weighted by Crippen LogP contribution is 2.43. The van der Waals surface area contributed by atoms with Gasteiger partial charge >= 0.3 is 5.97 Å². The predicted octanol–water partition coefficient (Wildman–Crippen LogP) is 1.11. The summed E-state index contributed by atoms with van der Waals surface area (Å²) < 4.78 is 34.0. The van der Waals surface area contributed by atoms with Gasteiger partial charge in [0.05, 0.1) is 19.8 Å². The molecule has 0 aromatic heterocycles. The SMILES string of the molecule is COC(=O)/C=C1\OC2COC(C)(C)O[C@@H]2[C@@H]2OC(C)(C)OC12. The van der Waals surface area contributed by atoms with Gasteiger partial charge in [0.1, 0.15) is 24.1 Å². The first-order valence-electron chi connectivity index (χ1n) is 7.34. The van der Waals surface area contributed by atoms with Crippen LogP contribution in [0.3, 0.4) is 0 Å². The molecular formula is C15H22O7. The zero-order chi connectivity index (χ0) is 16.1. The van der Waals surface area contributed by atoms with Gasteiger partial charge in [-0.05, 0) is 27.7 Å². The highest BCUT2D eigenvalue weighted by molar-refractivity contribution is 5.82. The lowest BCUT2D eigenvalue weighted by molar-refractivity contribution is -0.332. The molecule has 0 bridgehead atoms. The third-order valence-corrected chi connectivity index (χ3v) is 3.86. The average Bonchev–Trinajstić information content (AvgIpc) is 2.75. The van der Waals surface area contributed by atoms with Crippen molar-refractivity contribution in [2.24, 2.45) is 0 Å². The Morgan fingerprint density at radius 3 is 2.50 bits per heavy atom. The minimum Gasteiger partial charge on any atom is -0.486 e. The quantitative estimate of drug-likeness (QED) is 0.530. The molecule has 3 fully saturated rings. The summed E-state index contributed by atoms with van der Waals surface area (Å²) in [5.41, 5.74) is 0. The first-order valence-corrected chi connectivity index (χ1v) is 7.34. The van der Waals surface area contributed by atoms with E-state index >= 15 is 0 Å². The average molecular weight is 314 g/mol. The fraction of sp³-hybridized carbons (Fsp3) is 0.800. The van der Waals surface area contributed by atoms with Crippen LogP contribution in [0.1, 0.15) is 27.7 Å². The Kier molecular flexibility index (Phi) is 3.71. The van der Waals surface area contributed by atoms with E-state index in [1.807, 2.05) is 27.7 Å². The fourth-order valence-corrected chi connectivity index (χ4v) is 2.98. The maximum absolute atomic E-state index is 11.6. The van der Waals surface area contributed by atoms with E-state index < -0.39 is 23.6 Å². The third-order valence-electron chi connectivity index (χ3n) is 3.86. The highest BCUT2D eigenvalue weighted by Gasteiger charge is 2.57. The van der Waals surface area contributed by atoms with E-state index in [1.54, 1.807) is 0 Å². The molecule has 0 saturated carbocycles. The summed E-state index contributed by atoms with van der Waals surface area (Å²) in [7, 11) is 1.31. The molecule has 22 heavy (non-hydrogen) atoms. The molecule has 0 aromatic carbocycles. The van der Waals surface area contributed by atoms with Crippen LogP contribution in [0.4, 0.5) is 0 Å². The molecule has 3 heterocycles. The Labute approximate surface area is 129 Å². The number of hydrogen-bond donors (Lipinski definition) is 0. The van der Waals surface area contributed by atoms with Crippen LogP contribution in [0.2, 0.25) is 0 Å². The van der Waals surface area contributed by atoms with Gasteiger partial charge in [-0.1, -0.05) is 0 Å². The van der Waals surface area contributed by atoms with Crippen molar-refractivity contribution in [3.05, 3.63) is 11.8 Å². The Bertz CT molecular complexity index is 496. The highest BCUT2D eigenvalue weighted by atomic mass is 16.8. The number of ether oxygens (including phenoxy) is 6. The third kappa shape index (κ3) is 2.86. The second kappa shape index (κ2) is 5.19. The van der Waals surface area contributed by atoms with Gasteiger partial charge < -0.3 is 28.4 Å². The molecule has 3 aliphatic rings. The second-order valence-corrected chi connectivity index (χ2v) is 6.54. The van der Waals surface area contributed by atoms with Crippen LogP contribution in [-0.4, -0.2) is 55.7 Å². The number of esters is 1. The molecule has 7 nitrogen and oxygen atoms in total. The maximum Gasteiger partial charge on any atom is 0.333 e. The molecule has 0 spiro atoms. The van der Waals surface area contributed by atoms with E-state index in [-0.39, 0.29) is 18.3 Å². The van der Waals surface area contributed by atoms with Crippen molar-refractivity contribution in [2.45, 2.75) is 63.7 Å². The van der Waals surface area contributed by atoms with Crippen molar-refractivity contribution in [1.29, 1.82) is 0 Å². The summed E-state index contributed by atoms with van der Waals surface area (Å²) >= 11 is 0. The van der Waals surface area contributed by atoms with Crippen molar-refractivity contribution in [2.75, 3.05) is 13.7 Å². The Morgan fingerprint density at radius 1 is 1.14 bits per heavy atom. The molecule has 2 unspecified atom stereocenters. The molecular weight excluding hydrogens is 292 g/mol. The van der Waals surface area contributed by atoms with E-state index in [2.05, 4.69) is 4.74 Å².